The molecule has 2 atom stereocenters. The molecule has 1 fully saturated rings. The fourth-order valence-electron chi connectivity index (χ4n) is 2.92. The number of nitrogens with one attached hydrogen (secondary N) is 2. The quantitative estimate of drug-likeness (QED) is 0.477. The number of rotatable bonds is 6. The Kier molecular flexibility index (Phi) is 6.50. The van der Waals surface area contributed by atoms with Gasteiger partial charge in [-0.3, -0.25) is 4.99 Å². The molecule has 1 aliphatic rings. The Hall–Kier alpha value is -1.59. The van der Waals surface area contributed by atoms with E-state index in [2.05, 4.69) is 32.7 Å². The van der Waals surface area contributed by atoms with E-state index in [-0.39, 0.29) is 0 Å². The summed E-state index contributed by atoms with van der Waals surface area (Å²) >= 11 is 0. The molecule has 6 nitrogen and oxygen atoms in total. The highest BCUT2D eigenvalue weighted by atomic mass is 15.2. The summed E-state index contributed by atoms with van der Waals surface area (Å²) in [6.45, 7) is 4.26. The van der Waals surface area contributed by atoms with Crippen LogP contribution in [0.5, 0.6) is 0 Å². The molecular formula is C15H28N6. The standard InChI is InChI=1S/C15H28N6/c1-13-6-5-7-14(10-13)20-15(16-2)17-8-3-4-9-21-11-18-19-12-21/h11-14H,3-10H2,1-2H3,(H2,16,17,20). The molecule has 2 N–H and O–H groups in total. The number of nitrogens with zero attached hydrogens (tertiary/aromatic N) is 4. The van der Waals surface area contributed by atoms with Crippen LogP contribution in [0.25, 0.3) is 0 Å². The number of hydrogen-bond donors (Lipinski definition) is 2. The topological polar surface area (TPSA) is 67.1 Å². The maximum atomic E-state index is 4.32. The summed E-state index contributed by atoms with van der Waals surface area (Å²) in [7, 11) is 1.85. The van der Waals surface area contributed by atoms with Gasteiger partial charge in [-0.2, -0.15) is 0 Å². The first-order valence-corrected chi connectivity index (χ1v) is 8.07. The van der Waals surface area contributed by atoms with Crippen molar-refractivity contribution >= 4 is 5.96 Å². The summed E-state index contributed by atoms with van der Waals surface area (Å²) in [4.78, 5) is 4.32. The Bertz CT molecular complexity index is 414. The zero-order valence-corrected chi connectivity index (χ0v) is 13.3. The van der Waals surface area contributed by atoms with Crippen molar-refractivity contribution in [2.75, 3.05) is 13.6 Å². The molecule has 1 heterocycles. The van der Waals surface area contributed by atoms with Crippen LogP contribution in [0, 0.1) is 5.92 Å². The van der Waals surface area contributed by atoms with Crippen LogP contribution in [0.4, 0.5) is 0 Å². The third kappa shape index (κ3) is 5.73. The van der Waals surface area contributed by atoms with Crippen LogP contribution < -0.4 is 10.6 Å². The van der Waals surface area contributed by atoms with Gasteiger partial charge in [0.25, 0.3) is 0 Å². The van der Waals surface area contributed by atoms with Gasteiger partial charge in [0.05, 0.1) is 0 Å². The molecule has 1 aromatic rings. The summed E-state index contributed by atoms with van der Waals surface area (Å²) in [5.74, 6) is 1.77. The van der Waals surface area contributed by atoms with Gasteiger partial charge in [-0.25, -0.2) is 0 Å². The van der Waals surface area contributed by atoms with Crippen molar-refractivity contribution in [2.45, 2.75) is 58.0 Å². The van der Waals surface area contributed by atoms with Crippen LogP contribution in [0.15, 0.2) is 17.6 Å². The molecule has 0 aromatic carbocycles. The molecule has 0 aliphatic heterocycles. The van der Waals surface area contributed by atoms with Crippen LogP contribution >= 0.6 is 0 Å². The molecule has 0 bridgehead atoms. The second-order valence-corrected chi connectivity index (χ2v) is 6.02. The van der Waals surface area contributed by atoms with Gasteiger partial charge in [-0.05, 0) is 31.6 Å². The lowest BCUT2D eigenvalue weighted by Crippen LogP contribution is -2.45. The second kappa shape index (κ2) is 8.64. The van der Waals surface area contributed by atoms with Crippen molar-refractivity contribution in [2.24, 2.45) is 10.9 Å². The molecule has 21 heavy (non-hydrogen) atoms. The summed E-state index contributed by atoms with van der Waals surface area (Å²) in [6.07, 6.45) is 11.0. The monoisotopic (exact) mass is 292 g/mol. The molecule has 6 heteroatoms. The van der Waals surface area contributed by atoms with E-state index in [0.29, 0.717) is 6.04 Å². The van der Waals surface area contributed by atoms with Gasteiger partial charge in [0.1, 0.15) is 12.7 Å². The maximum absolute atomic E-state index is 4.32. The first-order chi connectivity index (χ1) is 10.3. The first-order valence-electron chi connectivity index (χ1n) is 8.07. The number of aryl methyl sites for hydroxylation is 1. The first kappa shape index (κ1) is 15.8. The average Bonchev–Trinajstić information content (AvgIpc) is 2.99. The highest BCUT2D eigenvalue weighted by Gasteiger charge is 2.19. The predicted octanol–water partition coefficient (Wildman–Crippen LogP) is 1.80. The third-order valence-electron chi connectivity index (χ3n) is 4.10. The van der Waals surface area contributed by atoms with Crippen LogP contribution in [0.2, 0.25) is 0 Å². The van der Waals surface area contributed by atoms with Crippen LogP contribution in [-0.4, -0.2) is 40.4 Å². The third-order valence-corrected chi connectivity index (χ3v) is 4.10. The maximum Gasteiger partial charge on any atom is 0.191 e. The van der Waals surface area contributed by atoms with E-state index in [0.717, 1.165) is 37.8 Å². The number of unbranched alkanes of at least 4 members (excludes halogenated alkanes) is 1. The molecular weight excluding hydrogens is 264 g/mol. The Morgan fingerprint density at radius 3 is 2.81 bits per heavy atom. The lowest BCUT2D eigenvalue weighted by molar-refractivity contribution is 0.324. The minimum Gasteiger partial charge on any atom is -0.356 e. The van der Waals surface area contributed by atoms with Gasteiger partial charge in [0, 0.05) is 26.2 Å². The van der Waals surface area contributed by atoms with Crippen LogP contribution in [0.3, 0.4) is 0 Å². The van der Waals surface area contributed by atoms with E-state index in [9.17, 15) is 0 Å². The Morgan fingerprint density at radius 2 is 2.10 bits per heavy atom. The van der Waals surface area contributed by atoms with Crippen molar-refractivity contribution in [1.29, 1.82) is 0 Å². The summed E-state index contributed by atoms with van der Waals surface area (Å²) in [6, 6.07) is 0.581. The highest BCUT2D eigenvalue weighted by molar-refractivity contribution is 5.79. The minimum atomic E-state index is 0.581. The number of aromatic nitrogens is 3. The van der Waals surface area contributed by atoms with Gasteiger partial charge in [0.2, 0.25) is 0 Å². The highest BCUT2D eigenvalue weighted by Crippen LogP contribution is 2.23. The summed E-state index contributed by atoms with van der Waals surface area (Å²) in [5.41, 5.74) is 0. The van der Waals surface area contributed by atoms with Gasteiger partial charge < -0.3 is 15.2 Å². The predicted molar refractivity (Wildman–Crippen MR) is 85.2 cm³/mol. The lowest BCUT2D eigenvalue weighted by Gasteiger charge is -2.28. The van der Waals surface area contributed by atoms with Gasteiger partial charge in [-0.15, -0.1) is 10.2 Å². The molecule has 0 spiro atoms. The molecule has 0 amide bonds. The van der Waals surface area contributed by atoms with Crippen molar-refractivity contribution in [3.8, 4) is 0 Å². The smallest absolute Gasteiger partial charge is 0.191 e. The Morgan fingerprint density at radius 1 is 1.29 bits per heavy atom. The Balaban J connectivity index is 1.59. The van der Waals surface area contributed by atoms with Crippen LogP contribution in [0.1, 0.15) is 45.4 Å². The molecule has 118 valence electrons. The lowest BCUT2D eigenvalue weighted by atomic mass is 9.87. The molecule has 2 rings (SSSR count). The molecule has 0 saturated heterocycles. The fraction of sp³-hybridized carbons (Fsp3) is 0.800. The van der Waals surface area contributed by atoms with E-state index in [1.807, 2.05) is 11.6 Å². The Labute approximate surface area is 127 Å². The van der Waals surface area contributed by atoms with Crippen molar-refractivity contribution < 1.29 is 0 Å². The summed E-state index contributed by atoms with van der Waals surface area (Å²) in [5, 5.41) is 14.6. The van der Waals surface area contributed by atoms with E-state index in [1.54, 1.807) is 12.7 Å². The van der Waals surface area contributed by atoms with E-state index >= 15 is 0 Å². The van der Waals surface area contributed by atoms with Crippen molar-refractivity contribution in [3.05, 3.63) is 12.7 Å². The van der Waals surface area contributed by atoms with Crippen LogP contribution in [-0.2, 0) is 6.54 Å². The molecule has 2 unspecified atom stereocenters. The normalized spacial score (nSPS) is 23.0. The van der Waals surface area contributed by atoms with Gasteiger partial charge in [-0.1, -0.05) is 19.8 Å². The van der Waals surface area contributed by atoms with Crippen molar-refractivity contribution in [1.82, 2.24) is 25.4 Å². The van der Waals surface area contributed by atoms with Gasteiger partial charge in [0.15, 0.2) is 5.96 Å². The second-order valence-electron chi connectivity index (χ2n) is 6.02. The summed E-state index contributed by atoms with van der Waals surface area (Å²) < 4.78 is 2.01. The van der Waals surface area contributed by atoms with E-state index in [1.165, 1.54) is 25.7 Å². The zero-order valence-electron chi connectivity index (χ0n) is 13.3. The fourth-order valence-corrected chi connectivity index (χ4v) is 2.92. The number of guanidine groups is 1. The zero-order chi connectivity index (χ0) is 14.9. The molecule has 1 aromatic heterocycles. The van der Waals surface area contributed by atoms with Gasteiger partial charge >= 0.3 is 0 Å². The van der Waals surface area contributed by atoms with E-state index in [4.69, 9.17) is 0 Å². The SMILES string of the molecule is CN=C(NCCCCn1cnnc1)NC1CCCC(C)C1. The number of aliphatic imine (C=N–C) groups is 1. The molecule has 1 saturated carbocycles. The number of hydrogen-bond acceptors (Lipinski definition) is 3. The largest absolute Gasteiger partial charge is 0.356 e. The molecule has 0 radical (unpaired) electrons. The average molecular weight is 292 g/mol. The molecule has 1 aliphatic carbocycles. The minimum absolute atomic E-state index is 0.581. The van der Waals surface area contributed by atoms with E-state index < -0.39 is 0 Å². The van der Waals surface area contributed by atoms with Crippen molar-refractivity contribution in [3.63, 3.8) is 0 Å².